The molecule has 1 heterocycles. The molecule has 11 heteroatoms. The Morgan fingerprint density at radius 2 is 1.20 bits per heavy atom. The molecule has 0 radical (unpaired) electrons. The van der Waals surface area contributed by atoms with Gasteiger partial charge in [0.15, 0.2) is 11.6 Å². The standard InChI is InChI=1S/C38H67FO10/c1-11-15-19-43-27-32-33(44-20-16-12-2)34(45-21-17-13-3)35(46-22-18-14-4)38(40,49-32)30-23-29(26-48-37(7,8)42-10)31(39)24-28(30)25-47-36(5,6)41-9/h23-24,32-35,40H,11-22,25-27H2,1-10H3/t32-,33-,34+,35-,38?/m1/s1. The van der Waals surface area contributed by atoms with Crippen molar-refractivity contribution in [2.24, 2.45) is 0 Å². The van der Waals surface area contributed by atoms with Crippen molar-refractivity contribution in [1.82, 2.24) is 0 Å². The van der Waals surface area contributed by atoms with E-state index in [-0.39, 0.29) is 30.9 Å². The average molecular weight is 703 g/mol. The lowest BCUT2D eigenvalue weighted by atomic mass is 9.84. The van der Waals surface area contributed by atoms with Crippen LogP contribution in [0.15, 0.2) is 12.1 Å². The topological polar surface area (TPSA) is 103 Å². The maximum absolute atomic E-state index is 15.9. The summed E-state index contributed by atoms with van der Waals surface area (Å²) >= 11 is 0. The fourth-order valence-electron chi connectivity index (χ4n) is 5.28. The SMILES string of the molecule is CCCCOC[C@H]1OC(O)(c2cc(COC(C)(C)OC)c(F)cc2COC(C)(C)OC)[C@H](OCCCC)[C@@H](OCCCC)[C@@H]1OCCCC. The molecule has 1 N–H and O–H groups in total. The van der Waals surface area contributed by atoms with E-state index in [1.165, 1.54) is 20.3 Å². The average Bonchev–Trinajstić information content (AvgIpc) is 3.07. The Bertz CT molecular complexity index is 1050. The normalized spacial score (nSPS) is 23.3. The van der Waals surface area contributed by atoms with E-state index in [0.717, 1.165) is 51.4 Å². The van der Waals surface area contributed by atoms with Crippen molar-refractivity contribution in [3.05, 3.63) is 34.6 Å². The molecule has 2 rings (SSSR count). The Hall–Kier alpha value is -1.25. The zero-order valence-corrected chi connectivity index (χ0v) is 32.1. The second-order valence-electron chi connectivity index (χ2n) is 13.7. The molecule has 0 bridgehead atoms. The van der Waals surface area contributed by atoms with E-state index >= 15 is 4.39 Å². The number of aliphatic hydroxyl groups is 1. The molecule has 286 valence electrons. The largest absolute Gasteiger partial charge is 0.379 e. The molecule has 1 aliphatic heterocycles. The highest BCUT2D eigenvalue weighted by atomic mass is 19.1. The van der Waals surface area contributed by atoms with Gasteiger partial charge < -0.3 is 47.7 Å². The van der Waals surface area contributed by atoms with Gasteiger partial charge in [0, 0.05) is 51.8 Å². The van der Waals surface area contributed by atoms with Gasteiger partial charge in [-0.25, -0.2) is 4.39 Å². The second-order valence-corrected chi connectivity index (χ2v) is 13.7. The Balaban J connectivity index is 2.80. The van der Waals surface area contributed by atoms with Crippen molar-refractivity contribution in [3.8, 4) is 0 Å². The third kappa shape index (κ3) is 13.7. The lowest BCUT2D eigenvalue weighted by Gasteiger charge is -2.51. The Morgan fingerprint density at radius 3 is 1.73 bits per heavy atom. The van der Waals surface area contributed by atoms with Gasteiger partial charge in [0.1, 0.15) is 30.2 Å². The molecule has 1 fully saturated rings. The number of ether oxygens (including phenoxy) is 9. The molecule has 10 nitrogen and oxygen atoms in total. The number of methoxy groups -OCH3 is 2. The molecule has 5 atom stereocenters. The van der Waals surface area contributed by atoms with Crippen LogP contribution in [0.5, 0.6) is 0 Å². The van der Waals surface area contributed by atoms with Gasteiger partial charge in [-0.1, -0.05) is 53.4 Å². The van der Waals surface area contributed by atoms with Crippen molar-refractivity contribution in [3.63, 3.8) is 0 Å². The molecule has 0 amide bonds. The fourth-order valence-corrected chi connectivity index (χ4v) is 5.28. The van der Waals surface area contributed by atoms with Gasteiger partial charge in [-0.05, 0) is 71.1 Å². The van der Waals surface area contributed by atoms with E-state index in [1.54, 1.807) is 33.8 Å². The summed E-state index contributed by atoms with van der Waals surface area (Å²) in [6.45, 7) is 17.2. The molecule has 1 unspecified atom stereocenters. The minimum atomic E-state index is -2.11. The molecule has 0 spiro atoms. The van der Waals surface area contributed by atoms with E-state index in [2.05, 4.69) is 27.7 Å². The zero-order chi connectivity index (χ0) is 36.5. The second kappa shape index (κ2) is 22.0. The van der Waals surface area contributed by atoms with Crippen LogP contribution in [0.4, 0.5) is 4.39 Å². The molecule has 49 heavy (non-hydrogen) atoms. The number of benzene rings is 1. The van der Waals surface area contributed by atoms with Crippen molar-refractivity contribution in [2.45, 2.75) is 162 Å². The van der Waals surface area contributed by atoms with E-state index in [9.17, 15) is 5.11 Å². The van der Waals surface area contributed by atoms with Crippen molar-refractivity contribution in [2.75, 3.05) is 47.3 Å². The number of rotatable bonds is 26. The summed E-state index contributed by atoms with van der Waals surface area (Å²) < 4.78 is 71.3. The third-order valence-electron chi connectivity index (χ3n) is 8.83. The smallest absolute Gasteiger partial charge is 0.223 e. The Kier molecular flexibility index (Phi) is 19.7. The van der Waals surface area contributed by atoms with E-state index in [4.69, 9.17) is 42.6 Å². The molecule has 1 aliphatic rings. The van der Waals surface area contributed by atoms with Crippen LogP contribution in [0.3, 0.4) is 0 Å². The number of hydrogen-bond acceptors (Lipinski definition) is 10. The predicted molar refractivity (Wildman–Crippen MR) is 187 cm³/mol. The first-order valence-electron chi connectivity index (χ1n) is 18.4. The number of hydrogen-bond donors (Lipinski definition) is 1. The third-order valence-corrected chi connectivity index (χ3v) is 8.83. The predicted octanol–water partition coefficient (Wildman–Crippen LogP) is 7.54. The minimum absolute atomic E-state index is 0.0827. The summed E-state index contributed by atoms with van der Waals surface area (Å²) in [6, 6.07) is 2.93. The number of unbranched alkanes of at least 4 members (excludes halogenated alkanes) is 4. The van der Waals surface area contributed by atoms with Gasteiger partial charge in [0.05, 0.1) is 19.8 Å². The van der Waals surface area contributed by atoms with Crippen LogP contribution in [0.1, 0.15) is 123 Å². The first kappa shape index (κ1) is 43.9. The van der Waals surface area contributed by atoms with Crippen molar-refractivity contribution >= 4 is 0 Å². The van der Waals surface area contributed by atoms with Crippen molar-refractivity contribution in [1.29, 1.82) is 0 Å². The van der Waals surface area contributed by atoms with Gasteiger partial charge in [-0.3, -0.25) is 0 Å². The maximum atomic E-state index is 15.9. The lowest BCUT2D eigenvalue weighted by molar-refractivity contribution is -0.375. The van der Waals surface area contributed by atoms with Crippen LogP contribution in [-0.4, -0.2) is 88.4 Å². The highest BCUT2D eigenvalue weighted by molar-refractivity contribution is 5.38. The van der Waals surface area contributed by atoms with Crippen LogP contribution < -0.4 is 0 Å². The molecular weight excluding hydrogens is 635 g/mol. The van der Waals surface area contributed by atoms with Crippen LogP contribution in [-0.2, 0) is 61.6 Å². The van der Waals surface area contributed by atoms with E-state index < -0.39 is 47.6 Å². The highest BCUT2D eigenvalue weighted by Gasteiger charge is 2.58. The van der Waals surface area contributed by atoms with Gasteiger partial charge in [-0.15, -0.1) is 0 Å². The molecule has 0 aromatic heterocycles. The van der Waals surface area contributed by atoms with E-state index in [0.29, 0.717) is 32.0 Å². The fraction of sp³-hybridized carbons (Fsp3) is 0.842. The summed E-state index contributed by atoms with van der Waals surface area (Å²) in [5.74, 6) is -4.58. The number of halogens is 1. The van der Waals surface area contributed by atoms with Gasteiger partial charge >= 0.3 is 0 Å². The summed E-state index contributed by atoms with van der Waals surface area (Å²) in [5.41, 5.74) is 0.859. The monoisotopic (exact) mass is 702 g/mol. The lowest BCUT2D eigenvalue weighted by Crippen LogP contribution is -2.66. The summed E-state index contributed by atoms with van der Waals surface area (Å²) in [5, 5.41) is 13.0. The first-order valence-corrected chi connectivity index (χ1v) is 18.4. The minimum Gasteiger partial charge on any atom is -0.379 e. The summed E-state index contributed by atoms with van der Waals surface area (Å²) in [7, 11) is 3.06. The van der Waals surface area contributed by atoms with Gasteiger partial charge in [0.25, 0.3) is 0 Å². The van der Waals surface area contributed by atoms with Crippen LogP contribution in [0, 0.1) is 5.82 Å². The molecule has 1 saturated heterocycles. The van der Waals surface area contributed by atoms with Gasteiger partial charge in [-0.2, -0.15) is 0 Å². The van der Waals surface area contributed by atoms with Crippen LogP contribution in [0.25, 0.3) is 0 Å². The Labute approximate surface area is 295 Å². The molecular formula is C38H67FO10. The highest BCUT2D eigenvalue weighted by Crippen LogP contribution is 2.43. The van der Waals surface area contributed by atoms with Crippen LogP contribution in [0.2, 0.25) is 0 Å². The molecule has 0 aliphatic carbocycles. The summed E-state index contributed by atoms with van der Waals surface area (Å²) in [6.07, 6.45) is 3.98. The molecule has 0 saturated carbocycles. The molecule has 1 aromatic carbocycles. The first-order chi connectivity index (χ1) is 23.3. The van der Waals surface area contributed by atoms with Crippen molar-refractivity contribution < 1.29 is 52.1 Å². The Morgan fingerprint density at radius 1 is 0.714 bits per heavy atom. The quantitative estimate of drug-likeness (QED) is 0.0770. The summed E-state index contributed by atoms with van der Waals surface area (Å²) in [4.78, 5) is 0. The van der Waals surface area contributed by atoms with Crippen LogP contribution >= 0.6 is 0 Å². The molecule has 1 aromatic rings. The maximum Gasteiger partial charge on any atom is 0.223 e. The zero-order valence-electron chi connectivity index (χ0n) is 32.1. The van der Waals surface area contributed by atoms with Gasteiger partial charge in [0.2, 0.25) is 5.79 Å². The van der Waals surface area contributed by atoms with E-state index in [1.807, 2.05) is 0 Å².